The van der Waals surface area contributed by atoms with Crippen LogP contribution in [0.25, 0.3) is 10.9 Å². The molecule has 0 aliphatic heterocycles. The molecule has 21 heavy (non-hydrogen) atoms. The molecule has 0 radical (unpaired) electrons. The van der Waals surface area contributed by atoms with Crippen molar-refractivity contribution in [2.45, 2.75) is 26.6 Å². The van der Waals surface area contributed by atoms with Gasteiger partial charge in [-0.25, -0.2) is 0 Å². The molecule has 4 heteroatoms. The second-order valence-corrected chi connectivity index (χ2v) is 10.9. The molecule has 0 atom stereocenters. The van der Waals surface area contributed by atoms with Crippen molar-refractivity contribution in [1.82, 2.24) is 4.57 Å². The molecule has 2 aromatic rings. The standard InChI is InChI=1S/C17H22N2OSi/c1-6-18-15-8-9-16-14(7-10-17(20)19(16)2)13(15)11-12-21(3,4)5/h7-10,18H,6H2,1-5H3. The Morgan fingerprint density at radius 3 is 2.52 bits per heavy atom. The Kier molecular flexibility index (Phi) is 4.24. The Balaban J connectivity index is 2.78. The van der Waals surface area contributed by atoms with Crippen LogP contribution < -0.4 is 10.9 Å². The van der Waals surface area contributed by atoms with Crippen LogP contribution in [0, 0.1) is 11.5 Å². The molecule has 0 fully saturated rings. The largest absolute Gasteiger partial charge is 0.384 e. The van der Waals surface area contributed by atoms with Crippen LogP contribution in [0.5, 0.6) is 0 Å². The minimum Gasteiger partial charge on any atom is -0.384 e. The van der Waals surface area contributed by atoms with E-state index in [0.29, 0.717) is 0 Å². The van der Waals surface area contributed by atoms with Crippen LogP contribution >= 0.6 is 0 Å². The number of nitrogens with zero attached hydrogens (tertiary/aromatic N) is 1. The van der Waals surface area contributed by atoms with E-state index in [0.717, 1.165) is 28.7 Å². The van der Waals surface area contributed by atoms with Gasteiger partial charge in [-0.2, -0.15) is 0 Å². The van der Waals surface area contributed by atoms with Crippen molar-refractivity contribution in [2.75, 3.05) is 11.9 Å². The van der Waals surface area contributed by atoms with Crippen LogP contribution in [0.3, 0.4) is 0 Å². The molecule has 1 N–H and O–H groups in total. The van der Waals surface area contributed by atoms with Gasteiger partial charge < -0.3 is 9.88 Å². The van der Waals surface area contributed by atoms with Gasteiger partial charge in [0, 0.05) is 25.0 Å². The maximum Gasteiger partial charge on any atom is 0.250 e. The van der Waals surface area contributed by atoms with Gasteiger partial charge in [0.25, 0.3) is 5.56 Å². The maximum atomic E-state index is 11.8. The first-order valence-corrected chi connectivity index (χ1v) is 10.7. The number of hydrogen-bond acceptors (Lipinski definition) is 2. The number of benzene rings is 1. The molecule has 0 saturated heterocycles. The second-order valence-electron chi connectivity index (χ2n) is 6.18. The summed E-state index contributed by atoms with van der Waals surface area (Å²) in [4.78, 5) is 11.8. The lowest BCUT2D eigenvalue weighted by molar-refractivity contribution is 0.906. The van der Waals surface area contributed by atoms with E-state index in [1.54, 1.807) is 17.7 Å². The van der Waals surface area contributed by atoms with Crippen LogP contribution in [0.2, 0.25) is 19.6 Å². The highest BCUT2D eigenvalue weighted by molar-refractivity contribution is 6.83. The number of aromatic nitrogens is 1. The Morgan fingerprint density at radius 2 is 1.90 bits per heavy atom. The molecule has 0 amide bonds. The van der Waals surface area contributed by atoms with Crippen molar-refractivity contribution in [3.63, 3.8) is 0 Å². The molecule has 0 aliphatic rings. The molecule has 1 aromatic heterocycles. The highest BCUT2D eigenvalue weighted by Crippen LogP contribution is 2.24. The van der Waals surface area contributed by atoms with Crippen LogP contribution in [0.4, 0.5) is 5.69 Å². The maximum absolute atomic E-state index is 11.8. The number of fused-ring (bicyclic) bond motifs is 1. The lowest BCUT2D eigenvalue weighted by Gasteiger charge is -2.12. The van der Waals surface area contributed by atoms with Crippen LogP contribution in [-0.2, 0) is 7.05 Å². The summed E-state index contributed by atoms with van der Waals surface area (Å²) in [6.45, 7) is 9.61. The van der Waals surface area contributed by atoms with Gasteiger partial charge in [0.05, 0.1) is 16.8 Å². The molecule has 0 aliphatic carbocycles. The first-order chi connectivity index (χ1) is 9.83. The van der Waals surface area contributed by atoms with E-state index < -0.39 is 8.07 Å². The number of pyridine rings is 1. The second kappa shape index (κ2) is 5.78. The number of rotatable bonds is 2. The summed E-state index contributed by atoms with van der Waals surface area (Å²) in [5, 5.41) is 4.39. The van der Waals surface area contributed by atoms with Gasteiger partial charge in [0.1, 0.15) is 8.07 Å². The number of nitrogens with one attached hydrogen (secondary N) is 1. The van der Waals surface area contributed by atoms with Gasteiger partial charge in [-0.15, -0.1) is 5.54 Å². The SMILES string of the molecule is CCNc1ccc2c(ccc(=O)n2C)c1C#C[Si](C)(C)C. The van der Waals surface area contributed by atoms with Gasteiger partial charge >= 0.3 is 0 Å². The van der Waals surface area contributed by atoms with E-state index in [2.05, 4.69) is 43.3 Å². The fourth-order valence-corrected chi connectivity index (χ4v) is 2.68. The first kappa shape index (κ1) is 15.4. The van der Waals surface area contributed by atoms with Crippen molar-refractivity contribution in [2.24, 2.45) is 7.05 Å². The van der Waals surface area contributed by atoms with Crippen LogP contribution in [0.15, 0.2) is 29.1 Å². The molecule has 0 spiro atoms. The predicted octanol–water partition coefficient (Wildman–Crippen LogP) is 3.20. The number of anilines is 1. The molecule has 0 saturated carbocycles. The Hall–Kier alpha value is -1.99. The van der Waals surface area contributed by atoms with Gasteiger partial charge in [-0.1, -0.05) is 25.6 Å². The third kappa shape index (κ3) is 3.37. The van der Waals surface area contributed by atoms with E-state index in [-0.39, 0.29) is 5.56 Å². The summed E-state index contributed by atoms with van der Waals surface area (Å²) in [6.07, 6.45) is 0. The van der Waals surface area contributed by atoms with Crippen LogP contribution in [-0.4, -0.2) is 19.2 Å². The van der Waals surface area contributed by atoms with E-state index in [1.807, 2.05) is 18.2 Å². The minimum absolute atomic E-state index is 0.00260. The Morgan fingerprint density at radius 1 is 1.19 bits per heavy atom. The Bertz CT molecular complexity index is 789. The lowest BCUT2D eigenvalue weighted by Crippen LogP contribution is -2.17. The molecule has 0 bridgehead atoms. The summed E-state index contributed by atoms with van der Waals surface area (Å²) in [5.41, 5.74) is 6.38. The van der Waals surface area contributed by atoms with Gasteiger partial charge in [-0.3, -0.25) is 4.79 Å². The molecular weight excluding hydrogens is 276 g/mol. The zero-order chi connectivity index (χ0) is 15.6. The third-order valence-electron chi connectivity index (χ3n) is 3.24. The fraction of sp³-hybridized carbons (Fsp3) is 0.353. The fourth-order valence-electron chi connectivity index (χ4n) is 2.18. The van der Waals surface area contributed by atoms with Crippen molar-refractivity contribution in [3.05, 3.63) is 40.2 Å². The molecular formula is C17H22N2OSi. The minimum atomic E-state index is -1.46. The molecule has 2 rings (SSSR count). The van der Waals surface area contributed by atoms with Gasteiger partial charge in [-0.05, 0) is 25.1 Å². The molecule has 110 valence electrons. The third-order valence-corrected chi connectivity index (χ3v) is 4.11. The normalized spacial score (nSPS) is 11.1. The summed E-state index contributed by atoms with van der Waals surface area (Å²) >= 11 is 0. The Labute approximate surface area is 127 Å². The van der Waals surface area contributed by atoms with Crippen molar-refractivity contribution < 1.29 is 0 Å². The van der Waals surface area contributed by atoms with E-state index in [4.69, 9.17) is 0 Å². The summed E-state index contributed by atoms with van der Waals surface area (Å²) < 4.78 is 1.67. The van der Waals surface area contributed by atoms with E-state index >= 15 is 0 Å². The zero-order valence-electron chi connectivity index (χ0n) is 13.4. The number of aryl methyl sites for hydroxylation is 1. The average molecular weight is 298 g/mol. The lowest BCUT2D eigenvalue weighted by atomic mass is 10.1. The summed E-state index contributed by atoms with van der Waals surface area (Å²) in [7, 11) is 0.344. The molecule has 1 heterocycles. The smallest absolute Gasteiger partial charge is 0.250 e. The van der Waals surface area contributed by atoms with E-state index in [1.165, 1.54) is 0 Å². The van der Waals surface area contributed by atoms with Crippen molar-refractivity contribution >= 4 is 24.7 Å². The highest BCUT2D eigenvalue weighted by atomic mass is 28.3. The highest BCUT2D eigenvalue weighted by Gasteiger charge is 2.11. The average Bonchev–Trinajstić information content (AvgIpc) is 2.41. The quantitative estimate of drug-likeness (QED) is 0.682. The van der Waals surface area contributed by atoms with Crippen molar-refractivity contribution in [1.29, 1.82) is 0 Å². The monoisotopic (exact) mass is 298 g/mol. The molecule has 1 aromatic carbocycles. The molecule has 3 nitrogen and oxygen atoms in total. The number of hydrogen-bond donors (Lipinski definition) is 1. The summed E-state index contributed by atoms with van der Waals surface area (Å²) in [6, 6.07) is 7.48. The van der Waals surface area contributed by atoms with Gasteiger partial charge in [0.2, 0.25) is 0 Å². The summed E-state index contributed by atoms with van der Waals surface area (Å²) in [5.74, 6) is 3.36. The van der Waals surface area contributed by atoms with Crippen LogP contribution in [0.1, 0.15) is 12.5 Å². The van der Waals surface area contributed by atoms with E-state index in [9.17, 15) is 4.79 Å². The molecule has 0 unspecified atom stereocenters. The predicted molar refractivity (Wildman–Crippen MR) is 93.6 cm³/mol. The zero-order valence-corrected chi connectivity index (χ0v) is 14.4. The first-order valence-electron chi connectivity index (χ1n) is 7.23. The van der Waals surface area contributed by atoms with Crippen molar-refractivity contribution in [3.8, 4) is 11.5 Å². The topological polar surface area (TPSA) is 34.0 Å². The van der Waals surface area contributed by atoms with Gasteiger partial charge in [0.15, 0.2) is 0 Å².